The number of carbonyl (C=O) groups is 1. The number of nitrogens with zero attached hydrogens (tertiary/aromatic N) is 1. The molecule has 7 heteroatoms. The van der Waals surface area contributed by atoms with Crippen molar-refractivity contribution in [2.75, 3.05) is 46.0 Å². The van der Waals surface area contributed by atoms with Gasteiger partial charge in [0.25, 0.3) is 5.91 Å². The van der Waals surface area contributed by atoms with Crippen molar-refractivity contribution in [3.63, 3.8) is 0 Å². The molecule has 2 aromatic rings. The summed E-state index contributed by atoms with van der Waals surface area (Å²) in [6, 6.07) is 5.10. The Bertz CT molecular complexity index is 840. The van der Waals surface area contributed by atoms with Crippen LogP contribution in [0, 0.1) is 13.8 Å². The normalized spacial score (nSPS) is 15.2. The number of rotatable bonds is 6. The second-order valence-corrected chi connectivity index (χ2v) is 6.41. The van der Waals surface area contributed by atoms with Crippen molar-refractivity contribution in [2.45, 2.75) is 13.8 Å². The molecule has 2 heterocycles. The van der Waals surface area contributed by atoms with Gasteiger partial charge in [0.2, 0.25) is 0 Å². The Labute approximate surface area is 151 Å². The van der Waals surface area contributed by atoms with E-state index in [0.717, 1.165) is 43.8 Å². The van der Waals surface area contributed by atoms with Crippen LogP contribution in [-0.2, 0) is 9.53 Å². The number of hydrogen-bond donors (Lipinski definition) is 1. The quantitative estimate of drug-likeness (QED) is 0.781. The third-order valence-electron chi connectivity index (χ3n) is 4.53. The van der Waals surface area contributed by atoms with E-state index in [0.29, 0.717) is 23.4 Å². The lowest BCUT2D eigenvalue weighted by atomic mass is 10.1. The molecule has 3 rings (SSSR count). The minimum absolute atomic E-state index is 0.0779. The Hall–Kier alpha value is -2.38. The van der Waals surface area contributed by atoms with E-state index in [1.165, 1.54) is 6.07 Å². The van der Waals surface area contributed by atoms with E-state index in [1.807, 2.05) is 19.9 Å². The van der Waals surface area contributed by atoms with Gasteiger partial charge in [-0.15, -0.1) is 0 Å². The average Bonchev–Trinajstić information content (AvgIpc) is 2.62. The molecular formula is C19H24N2O5. The molecule has 26 heavy (non-hydrogen) atoms. The van der Waals surface area contributed by atoms with Gasteiger partial charge in [-0.05, 0) is 31.5 Å². The minimum atomic E-state index is -0.392. The second kappa shape index (κ2) is 8.33. The van der Waals surface area contributed by atoms with Crippen LogP contribution in [0.1, 0.15) is 11.1 Å². The Kier molecular flexibility index (Phi) is 5.90. The van der Waals surface area contributed by atoms with Crippen molar-refractivity contribution in [3.8, 4) is 5.75 Å². The highest BCUT2D eigenvalue weighted by molar-refractivity contribution is 5.85. The van der Waals surface area contributed by atoms with Gasteiger partial charge in [-0.2, -0.15) is 0 Å². The topological polar surface area (TPSA) is 81.0 Å². The van der Waals surface area contributed by atoms with Gasteiger partial charge in [-0.3, -0.25) is 9.69 Å². The van der Waals surface area contributed by atoms with Crippen molar-refractivity contribution >= 4 is 16.9 Å². The summed E-state index contributed by atoms with van der Waals surface area (Å²) in [7, 11) is 0. The molecule has 0 radical (unpaired) electrons. The molecule has 1 fully saturated rings. The zero-order valence-electron chi connectivity index (χ0n) is 15.2. The van der Waals surface area contributed by atoms with Gasteiger partial charge in [0.15, 0.2) is 6.61 Å². The molecule has 1 amide bonds. The van der Waals surface area contributed by atoms with E-state index in [9.17, 15) is 9.59 Å². The number of ether oxygens (including phenoxy) is 2. The Morgan fingerprint density at radius 3 is 2.81 bits per heavy atom. The maximum absolute atomic E-state index is 12.0. The summed E-state index contributed by atoms with van der Waals surface area (Å²) in [5.74, 6) is 0.359. The van der Waals surface area contributed by atoms with Crippen LogP contribution in [0.4, 0.5) is 0 Å². The van der Waals surface area contributed by atoms with Crippen LogP contribution in [0.2, 0.25) is 0 Å². The van der Waals surface area contributed by atoms with Gasteiger partial charge < -0.3 is 19.2 Å². The molecule has 1 saturated heterocycles. The molecule has 1 aromatic carbocycles. The number of amides is 1. The van der Waals surface area contributed by atoms with Crippen LogP contribution in [0.5, 0.6) is 5.75 Å². The molecule has 0 atom stereocenters. The van der Waals surface area contributed by atoms with Crippen LogP contribution in [0.3, 0.4) is 0 Å². The molecule has 1 aromatic heterocycles. The van der Waals surface area contributed by atoms with Crippen LogP contribution >= 0.6 is 0 Å². The van der Waals surface area contributed by atoms with Crippen molar-refractivity contribution in [2.24, 2.45) is 0 Å². The summed E-state index contributed by atoms with van der Waals surface area (Å²) >= 11 is 0. The molecular weight excluding hydrogens is 336 g/mol. The number of nitrogens with one attached hydrogen (secondary N) is 1. The molecule has 140 valence electrons. The van der Waals surface area contributed by atoms with E-state index in [4.69, 9.17) is 13.9 Å². The first kappa shape index (κ1) is 18.4. The Morgan fingerprint density at radius 2 is 2.04 bits per heavy atom. The number of fused-ring (bicyclic) bond motifs is 1. The van der Waals surface area contributed by atoms with Gasteiger partial charge in [-0.1, -0.05) is 0 Å². The molecule has 0 aliphatic carbocycles. The fraction of sp³-hybridized carbons (Fsp3) is 0.474. The van der Waals surface area contributed by atoms with E-state index >= 15 is 0 Å². The van der Waals surface area contributed by atoms with Crippen molar-refractivity contribution < 1.29 is 18.7 Å². The Morgan fingerprint density at radius 1 is 1.27 bits per heavy atom. The highest BCUT2D eigenvalue weighted by Crippen LogP contribution is 2.27. The third kappa shape index (κ3) is 4.42. The number of aryl methyl sites for hydroxylation is 2. The number of carbonyl (C=O) groups excluding carboxylic acids is 1. The van der Waals surface area contributed by atoms with E-state index in [-0.39, 0.29) is 12.5 Å². The van der Waals surface area contributed by atoms with Crippen molar-refractivity contribution in [1.29, 1.82) is 0 Å². The smallest absolute Gasteiger partial charge is 0.336 e. The molecule has 0 unspecified atom stereocenters. The van der Waals surface area contributed by atoms with E-state index < -0.39 is 5.63 Å². The molecule has 1 N–H and O–H groups in total. The number of morpholine rings is 1. The molecule has 0 saturated carbocycles. The molecule has 0 spiro atoms. The fourth-order valence-corrected chi connectivity index (χ4v) is 3.03. The Balaban J connectivity index is 1.54. The van der Waals surface area contributed by atoms with Gasteiger partial charge in [0.05, 0.1) is 13.2 Å². The van der Waals surface area contributed by atoms with E-state index in [1.54, 1.807) is 6.07 Å². The maximum atomic E-state index is 12.0. The third-order valence-corrected chi connectivity index (χ3v) is 4.53. The minimum Gasteiger partial charge on any atom is -0.483 e. The first-order valence-corrected chi connectivity index (χ1v) is 8.78. The number of benzene rings is 1. The van der Waals surface area contributed by atoms with Gasteiger partial charge >= 0.3 is 5.63 Å². The van der Waals surface area contributed by atoms with Gasteiger partial charge in [0, 0.05) is 43.2 Å². The summed E-state index contributed by atoms with van der Waals surface area (Å²) in [6.45, 7) is 8.26. The predicted octanol–water partition coefficient (Wildman–Crippen LogP) is 1.24. The zero-order chi connectivity index (χ0) is 18.5. The standard InChI is InChI=1S/C19H24N2O5/c1-13-11-18(23)26-19-14(2)16(4-3-15(13)19)25-12-17(22)20-5-6-21-7-9-24-10-8-21/h3-4,11H,5-10,12H2,1-2H3,(H,20,22). The summed E-state index contributed by atoms with van der Waals surface area (Å²) in [4.78, 5) is 25.8. The van der Waals surface area contributed by atoms with Crippen LogP contribution in [-0.4, -0.2) is 56.8 Å². The summed E-state index contributed by atoms with van der Waals surface area (Å²) in [5.41, 5.74) is 1.67. The highest BCUT2D eigenvalue weighted by atomic mass is 16.5. The first-order valence-electron chi connectivity index (χ1n) is 8.78. The van der Waals surface area contributed by atoms with Crippen LogP contribution < -0.4 is 15.7 Å². The predicted molar refractivity (Wildman–Crippen MR) is 97.7 cm³/mol. The average molecular weight is 360 g/mol. The molecule has 0 bridgehead atoms. The molecule has 1 aliphatic heterocycles. The van der Waals surface area contributed by atoms with Crippen LogP contribution in [0.25, 0.3) is 11.0 Å². The lowest BCUT2D eigenvalue weighted by molar-refractivity contribution is -0.123. The molecule has 1 aliphatic rings. The second-order valence-electron chi connectivity index (χ2n) is 6.41. The molecule has 7 nitrogen and oxygen atoms in total. The summed E-state index contributed by atoms with van der Waals surface area (Å²) < 4.78 is 16.2. The van der Waals surface area contributed by atoms with Crippen molar-refractivity contribution in [3.05, 3.63) is 39.7 Å². The first-order chi connectivity index (χ1) is 12.5. The lowest BCUT2D eigenvalue weighted by Gasteiger charge is -2.26. The van der Waals surface area contributed by atoms with Crippen LogP contribution in [0.15, 0.2) is 27.4 Å². The van der Waals surface area contributed by atoms with E-state index in [2.05, 4.69) is 10.2 Å². The van der Waals surface area contributed by atoms with Crippen molar-refractivity contribution in [1.82, 2.24) is 10.2 Å². The van der Waals surface area contributed by atoms with Gasteiger partial charge in [-0.25, -0.2) is 4.79 Å². The number of hydrogen-bond acceptors (Lipinski definition) is 6. The maximum Gasteiger partial charge on any atom is 0.336 e. The SMILES string of the molecule is Cc1cc(=O)oc2c(C)c(OCC(=O)NCCN3CCOCC3)ccc12. The fourth-order valence-electron chi connectivity index (χ4n) is 3.03. The summed E-state index contributed by atoms with van der Waals surface area (Å²) in [6.07, 6.45) is 0. The lowest BCUT2D eigenvalue weighted by Crippen LogP contribution is -2.42. The largest absolute Gasteiger partial charge is 0.483 e. The monoisotopic (exact) mass is 360 g/mol. The zero-order valence-corrected chi connectivity index (χ0v) is 15.2. The highest BCUT2D eigenvalue weighted by Gasteiger charge is 2.13. The van der Waals surface area contributed by atoms with Gasteiger partial charge in [0.1, 0.15) is 11.3 Å². The summed E-state index contributed by atoms with van der Waals surface area (Å²) in [5, 5.41) is 3.72.